The average molecular weight is 503 g/mol. The number of aromatic nitrogens is 3. The van der Waals surface area contributed by atoms with Gasteiger partial charge in [0.05, 0.1) is 12.6 Å². The van der Waals surface area contributed by atoms with Gasteiger partial charge in [-0.15, -0.1) is 13.2 Å². The van der Waals surface area contributed by atoms with E-state index >= 15 is 0 Å². The number of nitrogens with one attached hydrogen (secondary N) is 1. The molecule has 1 heterocycles. The van der Waals surface area contributed by atoms with Crippen LogP contribution in [0.25, 0.3) is 11.0 Å². The fraction of sp³-hybridized carbons (Fsp3) is 0.222. The number of nitriles is 1. The molecule has 1 aromatic heterocycles. The molecule has 0 aliphatic heterocycles. The summed E-state index contributed by atoms with van der Waals surface area (Å²) in [5, 5.41) is 21.1. The van der Waals surface area contributed by atoms with Crippen LogP contribution in [0.3, 0.4) is 0 Å². The van der Waals surface area contributed by atoms with Crippen molar-refractivity contribution in [1.29, 1.82) is 5.26 Å². The zero-order chi connectivity index (χ0) is 22.1. The van der Waals surface area contributed by atoms with Gasteiger partial charge in [-0.2, -0.15) is 20.3 Å². The minimum absolute atomic E-state index is 0.0547. The maximum absolute atomic E-state index is 12.5. The molecule has 30 heavy (non-hydrogen) atoms. The molecule has 12 heteroatoms. The molecule has 0 saturated carbocycles. The summed E-state index contributed by atoms with van der Waals surface area (Å²) in [7, 11) is 0. The summed E-state index contributed by atoms with van der Waals surface area (Å²) >= 11 is 9.33. The molecule has 0 bridgehead atoms. The van der Waals surface area contributed by atoms with Gasteiger partial charge >= 0.3 is 6.36 Å². The maximum Gasteiger partial charge on any atom is 0.573 e. The van der Waals surface area contributed by atoms with E-state index in [-0.39, 0.29) is 12.1 Å². The highest BCUT2D eigenvalue weighted by Gasteiger charge is 2.31. The first kappa shape index (κ1) is 21.9. The number of ether oxygens (including phenoxy) is 1. The Morgan fingerprint density at radius 1 is 1.30 bits per heavy atom. The molecule has 0 fully saturated rings. The van der Waals surface area contributed by atoms with Gasteiger partial charge in [0, 0.05) is 15.1 Å². The number of rotatable bonds is 5. The van der Waals surface area contributed by atoms with Crippen LogP contribution >= 0.6 is 27.5 Å². The first-order valence-electron chi connectivity index (χ1n) is 8.27. The van der Waals surface area contributed by atoms with E-state index in [9.17, 15) is 23.2 Å². The minimum atomic E-state index is -4.83. The predicted molar refractivity (Wildman–Crippen MR) is 105 cm³/mol. The van der Waals surface area contributed by atoms with Crippen molar-refractivity contribution in [1.82, 2.24) is 20.3 Å². The smallest absolute Gasteiger partial charge is 0.406 e. The molecular weight excluding hydrogens is 491 g/mol. The Kier molecular flexibility index (Phi) is 5.92. The molecule has 3 rings (SSSR count). The third-order valence-electron chi connectivity index (χ3n) is 3.89. The number of nitrogens with zero attached hydrogens (tertiary/aromatic N) is 4. The molecule has 0 saturated heterocycles. The first-order chi connectivity index (χ1) is 14.0. The monoisotopic (exact) mass is 501 g/mol. The molecule has 0 radical (unpaired) electrons. The molecule has 0 spiro atoms. The third-order valence-corrected chi connectivity index (χ3v) is 4.71. The van der Waals surface area contributed by atoms with Gasteiger partial charge in [0.2, 0.25) is 0 Å². The number of carbonyl (C=O) groups is 1. The van der Waals surface area contributed by atoms with Crippen molar-refractivity contribution in [3.8, 4) is 11.8 Å². The summed E-state index contributed by atoms with van der Waals surface area (Å²) < 4.78 is 41.1. The molecule has 1 atom stereocenters. The van der Waals surface area contributed by atoms with Crippen LogP contribution in [-0.2, 0) is 6.54 Å². The van der Waals surface area contributed by atoms with Crippen molar-refractivity contribution in [3.63, 3.8) is 0 Å². The van der Waals surface area contributed by atoms with Crippen molar-refractivity contribution < 1.29 is 22.7 Å². The van der Waals surface area contributed by atoms with E-state index in [1.54, 1.807) is 12.1 Å². The molecule has 1 unspecified atom stereocenters. The van der Waals surface area contributed by atoms with Gasteiger partial charge in [-0.3, -0.25) is 4.79 Å². The summed E-state index contributed by atoms with van der Waals surface area (Å²) in [6, 6.07) is 9.60. The molecule has 1 N–H and O–H groups in total. The molecule has 0 aliphatic carbocycles. The average Bonchev–Trinajstić information content (AvgIpc) is 3.03. The number of hydrogen-bond donors (Lipinski definition) is 1. The van der Waals surface area contributed by atoms with Crippen molar-refractivity contribution in [2.45, 2.75) is 25.4 Å². The van der Waals surface area contributed by atoms with Crippen LogP contribution < -0.4 is 10.1 Å². The summed E-state index contributed by atoms with van der Waals surface area (Å²) in [4.78, 5) is 13.7. The number of benzene rings is 2. The van der Waals surface area contributed by atoms with E-state index in [2.05, 4.69) is 36.2 Å². The van der Waals surface area contributed by atoms with Crippen LogP contribution in [0.1, 0.15) is 17.3 Å². The second kappa shape index (κ2) is 8.12. The fourth-order valence-electron chi connectivity index (χ4n) is 2.58. The normalized spacial score (nSPS) is 13.5. The molecule has 1 amide bonds. The highest BCUT2D eigenvalue weighted by molar-refractivity contribution is 9.10. The number of halogens is 5. The molecular formula is C18H12BrClF3N5O2. The summed E-state index contributed by atoms with van der Waals surface area (Å²) in [6.07, 6.45) is -4.83. The second-order valence-corrected chi connectivity index (χ2v) is 7.75. The van der Waals surface area contributed by atoms with Crippen LogP contribution in [0, 0.1) is 11.3 Å². The Hall–Kier alpha value is -2.84. The summed E-state index contributed by atoms with van der Waals surface area (Å²) in [5.74, 6) is -1.11. The van der Waals surface area contributed by atoms with Gasteiger partial charge in [-0.25, -0.2) is 0 Å². The van der Waals surface area contributed by atoms with E-state index in [4.69, 9.17) is 11.6 Å². The Morgan fingerprint density at radius 2 is 1.97 bits per heavy atom. The van der Waals surface area contributed by atoms with Gasteiger partial charge in [0.15, 0.2) is 0 Å². The number of hydrogen-bond acceptors (Lipinski definition) is 5. The highest BCUT2D eigenvalue weighted by atomic mass is 79.9. The highest BCUT2D eigenvalue weighted by Crippen LogP contribution is 2.26. The molecule has 0 aliphatic rings. The van der Waals surface area contributed by atoms with Crippen molar-refractivity contribution in [2.24, 2.45) is 0 Å². The fourth-order valence-corrected chi connectivity index (χ4v) is 3.45. The van der Waals surface area contributed by atoms with Crippen molar-refractivity contribution in [2.75, 3.05) is 0 Å². The summed E-state index contributed by atoms with van der Waals surface area (Å²) in [5.41, 5.74) is -0.310. The van der Waals surface area contributed by atoms with Crippen LogP contribution in [0.2, 0.25) is 5.02 Å². The van der Waals surface area contributed by atoms with E-state index in [0.717, 1.165) is 24.3 Å². The van der Waals surface area contributed by atoms with Gasteiger partial charge in [0.1, 0.15) is 22.3 Å². The molecule has 3 aromatic rings. The Balaban J connectivity index is 1.76. The Labute approximate surface area is 181 Å². The quantitative estimate of drug-likeness (QED) is 0.556. The van der Waals surface area contributed by atoms with E-state index in [0.29, 0.717) is 20.5 Å². The van der Waals surface area contributed by atoms with Gasteiger partial charge < -0.3 is 10.1 Å². The number of amides is 1. The Morgan fingerprint density at radius 3 is 2.57 bits per heavy atom. The lowest BCUT2D eigenvalue weighted by molar-refractivity contribution is -0.274. The zero-order valence-electron chi connectivity index (χ0n) is 15.2. The molecule has 2 aromatic carbocycles. The van der Waals surface area contributed by atoms with Crippen LogP contribution in [0.5, 0.6) is 5.75 Å². The van der Waals surface area contributed by atoms with Crippen molar-refractivity contribution in [3.05, 3.63) is 51.5 Å². The van der Waals surface area contributed by atoms with Gasteiger partial charge in [0.25, 0.3) is 5.91 Å². The first-order valence-corrected chi connectivity index (χ1v) is 9.44. The minimum Gasteiger partial charge on any atom is -0.406 e. The Bertz CT molecular complexity index is 1140. The van der Waals surface area contributed by atoms with Gasteiger partial charge in [-0.1, -0.05) is 11.6 Å². The third kappa shape index (κ3) is 5.20. The standard InChI is InChI=1S/C18H12BrClF3N5O2/c1-17(8-24,9-28-26-14-7-11(20)6-13(19)15(14)27-28)25-16(29)10-2-4-12(5-3-10)30-18(21,22)23/h2-7H,9H2,1H3,(H,25,29). The van der Waals surface area contributed by atoms with E-state index in [1.165, 1.54) is 11.7 Å². The SMILES string of the molecule is CC(C#N)(Cn1nc2cc(Cl)cc(Br)c2n1)NC(=O)c1ccc(OC(F)(F)F)cc1. The zero-order valence-corrected chi connectivity index (χ0v) is 17.5. The lowest BCUT2D eigenvalue weighted by Gasteiger charge is -2.22. The maximum atomic E-state index is 12.5. The van der Waals surface area contributed by atoms with Crippen LogP contribution in [-0.4, -0.2) is 32.8 Å². The molecule has 156 valence electrons. The van der Waals surface area contributed by atoms with Crippen LogP contribution in [0.4, 0.5) is 13.2 Å². The van der Waals surface area contributed by atoms with E-state index in [1.807, 2.05) is 6.07 Å². The second-order valence-electron chi connectivity index (χ2n) is 6.46. The number of fused-ring (bicyclic) bond motifs is 1. The number of carbonyl (C=O) groups excluding carboxylic acids is 1. The topological polar surface area (TPSA) is 92.8 Å². The van der Waals surface area contributed by atoms with Gasteiger partial charge in [-0.05, 0) is 59.3 Å². The lowest BCUT2D eigenvalue weighted by Crippen LogP contribution is -2.48. The lowest BCUT2D eigenvalue weighted by atomic mass is 10.0. The molecule has 7 nitrogen and oxygen atoms in total. The summed E-state index contributed by atoms with van der Waals surface area (Å²) in [6.45, 7) is 1.39. The van der Waals surface area contributed by atoms with Crippen molar-refractivity contribution >= 4 is 44.5 Å². The predicted octanol–water partition coefficient (Wildman–Crippen LogP) is 4.46. The number of alkyl halides is 3. The van der Waals surface area contributed by atoms with Crippen LogP contribution in [0.15, 0.2) is 40.9 Å². The van der Waals surface area contributed by atoms with E-state index < -0.39 is 23.6 Å². The largest absolute Gasteiger partial charge is 0.573 e.